The average Bonchev–Trinajstić information content (AvgIpc) is 2.40. The van der Waals surface area contributed by atoms with E-state index in [0.717, 1.165) is 15.8 Å². The molecular weight excluding hydrogens is 483 g/mol. The molecule has 0 aliphatic heterocycles. The van der Waals surface area contributed by atoms with E-state index in [1.54, 1.807) is 7.11 Å². The molecule has 4 heteroatoms. The third kappa shape index (κ3) is 3.52. The largest absolute Gasteiger partial charge is 0.496 e. The van der Waals surface area contributed by atoms with Gasteiger partial charge in [-0.2, -0.15) is 0 Å². The van der Waals surface area contributed by atoms with Crippen LogP contribution in [-0.4, -0.2) is 7.11 Å². The van der Waals surface area contributed by atoms with Crippen LogP contribution in [0.1, 0.15) is 21.5 Å². The summed E-state index contributed by atoms with van der Waals surface area (Å²) in [6, 6.07) is 12.5. The first kappa shape index (κ1) is 15.3. The molecule has 0 aliphatic rings. The van der Waals surface area contributed by atoms with Gasteiger partial charge in [0, 0.05) is 13.6 Å². The Morgan fingerprint density at radius 1 is 1.11 bits per heavy atom. The third-order valence-corrected chi connectivity index (χ3v) is 5.35. The molecule has 1 atom stereocenters. The highest BCUT2D eigenvalue weighted by Crippen LogP contribution is 2.39. The minimum absolute atomic E-state index is 0.117. The lowest BCUT2D eigenvalue weighted by Crippen LogP contribution is -2.00. The van der Waals surface area contributed by atoms with Gasteiger partial charge < -0.3 is 4.74 Å². The molecule has 2 rings (SSSR count). The predicted octanol–water partition coefficient (Wildman–Crippen LogP) is 5.86. The van der Waals surface area contributed by atoms with Crippen LogP contribution in [0.25, 0.3) is 0 Å². The van der Waals surface area contributed by atoms with Crippen molar-refractivity contribution in [2.45, 2.75) is 11.8 Å². The molecule has 0 fully saturated rings. The molecule has 100 valence electrons. The Bertz CT molecular complexity index is 599. The first-order valence-electron chi connectivity index (χ1n) is 5.76. The molecule has 0 aliphatic carbocycles. The molecule has 1 unspecified atom stereocenters. The highest BCUT2D eigenvalue weighted by Gasteiger charge is 2.18. The van der Waals surface area contributed by atoms with Gasteiger partial charge in [0.1, 0.15) is 5.75 Å². The second-order valence-electron chi connectivity index (χ2n) is 4.27. The number of hydrogen-bond donors (Lipinski definition) is 0. The Morgan fingerprint density at radius 3 is 2.53 bits per heavy atom. The number of halogens is 3. The van der Waals surface area contributed by atoms with Crippen LogP contribution in [0.15, 0.2) is 40.9 Å². The van der Waals surface area contributed by atoms with Gasteiger partial charge in [0.25, 0.3) is 0 Å². The van der Waals surface area contributed by atoms with E-state index in [-0.39, 0.29) is 4.83 Å². The van der Waals surface area contributed by atoms with Gasteiger partial charge in [-0.15, -0.1) is 0 Å². The summed E-state index contributed by atoms with van der Waals surface area (Å²) in [7, 11) is 1.71. The average molecular weight is 496 g/mol. The summed E-state index contributed by atoms with van der Waals surface area (Å²) in [6.45, 7) is 2.09. The Balaban J connectivity index is 2.51. The number of benzene rings is 2. The molecule has 0 N–H and O–H groups in total. The number of aryl methyl sites for hydroxylation is 1. The van der Waals surface area contributed by atoms with Crippen molar-refractivity contribution in [1.82, 2.24) is 0 Å². The fourth-order valence-corrected chi connectivity index (χ4v) is 4.12. The van der Waals surface area contributed by atoms with E-state index in [1.807, 2.05) is 6.07 Å². The van der Waals surface area contributed by atoms with E-state index in [4.69, 9.17) is 4.74 Å². The second-order valence-corrected chi connectivity index (χ2v) is 7.27. The molecule has 1 nitrogen and oxygen atoms in total. The molecule has 0 bridgehead atoms. The van der Waals surface area contributed by atoms with Crippen molar-refractivity contribution in [3.8, 4) is 5.75 Å². The van der Waals surface area contributed by atoms with Crippen LogP contribution in [0.4, 0.5) is 0 Å². The van der Waals surface area contributed by atoms with Gasteiger partial charge in [-0.1, -0.05) is 49.6 Å². The Hall–Kier alpha value is -0.0700. The standard InChI is InChI=1S/C15H13Br2IO/c1-9-3-6-14(19-2)12(7-9)15(17)11-8-10(16)4-5-13(11)18/h3-8,15H,1-2H3. The summed E-state index contributed by atoms with van der Waals surface area (Å²) in [5.74, 6) is 0.906. The molecule has 0 saturated carbocycles. The zero-order chi connectivity index (χ0) is 14.0. The monoisotopic (exact) mass is 494 g/mol. The van der Waals surface area contributed by atoms with Gasteiger partial charge in [-0.25, -0.2) is 0 Å². The van der Waals surface area contributed by atoms with Crippen LogP contribution in [0, 0.1) is 10.5 Å². The Morgan fingerprint density at radius 2 is 1.84 bits per heavy atom. The van der Waals surface area contributed by atoms with E-state index in [9.17, 15) is 0 Å². The SMILES string of the molecule is COc1ccc(C)cc1C(Br)c1cc(Br)ccc1I. The maximum absolute atomic E-state index is 5.47. The molecule has 2 aromatic rings. The van der Waals surface area contributed by atoms with Crippen LogP contribution >= 0.6 is 54.5 Å². The van der Waals surface area contributed by atoms with Crippen LogP contribution in [-0.2, 0) is 0 Å². The smallest absolute Gasteiger partial charge is 0.123 e. The van der Waals surface area contributed by atoms with E-state index < -0.39 is 0 Å². The lowest BCUT2D eigenvalue weighted by atomic mass is 10.0. The van der Waals surface area contributed by atoms with Crippen molar-refractivity contribution in [2.24, 2.45) is 0 Å². The summed E-state index contributed by atoms with van der Waals surface area (Å²) in [5.41, 5.74) is 3.61. The van der Waals surface area contributed by atoms with Crippen LogP contribution < -0.4 is 4.74 Å². The van der Waals surface area contributed by atoms with Gasteiger partial charge >= 0.3 is 0 Å². The van der Waals surface area contributed by atoms with Crippen LogP contribution in [0.5, 0.6) is 5.75 Å². The summed E-state index contributed by atoms with van der Waals surface area (Å²) in [5, 5.41) is 0. The van der Waals surface area contributed by atoms with Gasteiger partial charge in [-0.3, -0.25) is 0 Å². The van der Waals surface area contributed by atoms with Gasteiger partial charge in [-0.05, 0) is 59.3 Å². The summed E-state index contributed by atoms with van der Waals surface area (Å²) in [4.78, 5) is 0.117. The number of hydrogen-bond acceptors (Lipinski definition) is 1. The van der Waals surface area contributed by atoms with Crippen molar-refractivity contribution in [1.29, 1.82) is 0 Å². The Kier molecular flexibility index (Phi) is 5.31. The maximum atomic E-state index is 5.47. The first-order chi connectivity index (χ1) is 9.02. The molecule has 0 saturated heterocycles. The highest BCUT2D eigenvalue weighted by molar-refractivity contribution is 14.1. The zero-order valence-corrected chi connectivity index (χ0v) is 15.9. The van der Waals surface area contributed by atoms with E-state index in [0.29, 0.717) is 0 Å². The molecule has 0 radical (unpaired) electrons. The molecule has 2 aromatic carbocycles. The van der Waals surface area contributed by atoms with Crippen molar-refractivity contribution in [3.05, 3.63) is 61.1 Å². The highest BCUT2D eigenvalue weighted by atomic mass is 127. The molecule has 0 amide bonds. The first-order valence-corrected chi connectivity index (χ1v) is 8.55. The maximum Gasteiger partial charge on any atom is 0.123 e. The minimum Gasteiger partial charge on any atom is -0.496 e. The number of alkyl halides is 1. The van der Waals surface area contributed by atoms with Crippen molar-refractivity contribution in [2.75, 3.05) is 7.11 Å². The fourth-order valence-electron chi connectivity index (χ4n) is 1.93. The Labute approximate surface area is 144 Å². The van der Waals surface area contributed by atoms with E-state index >= 15 is 0 Å². The summed E-state index contributed by atoms with van der Waals surface area (Å²) >= 11 is 9.69. The van der Waals surface area contributed by atoms with Crippen LogP contribution in [0.2, 0.25) is 0 Å². The third-order valence-electron chi connectivity index (χ3n) is 2.89. The fraction of sp³-hybridized carbons (Fsp3) is 0.200. The zero-order valence-electron chi connectivity index (χ0n) is 10.6. The van der Waals surface area contributed by atoms with Crippen molar-refractivity contribution >= 4 is 54.5 Å². The molecule has 19 heavy (non-hydrogen) atoms. The van der Waals surface area contributed by atoms with Crippen molar-refractivity contribution < 1.29 is 4.74 Å². The normalized spacial score (nSPS) is 12.3. The number of methoxy groups -OCH3 is 1. The summed E-state index contributed by atoms with van der Waals surface area (Å²) in [6.07, 6.45) is 0. The number of rotatable bonds is 3. The lowest BCUT2D eigenvalue weighted by molar-refractivity contribution is 0.410. The topological polar surface area (TPSA) is 9.23 Å². The van der Waals surface area contributed by atoms with Crippen LogP contribution in [0.3, 0.4) is 0 Å². The van der Waals surface area contributed by atoms with Gasteiger partial charge in [0.2, 0.25) is 0 Å². The molecular formula is C15H13Br2IO. The van der Waals surface area contributed by atoms with Crippen molar-refractivity contribution in [3.63, 3.8) is 0 Å². The second kappa shape index (κ2) is 6.59. The summed E-state index contributed by atoms with van der Waals surface area (Å²) < 4.78 is 7.78. The van der Waals surface area contributed by atoms with E-state index in [1.165, 1.54) is 14.7 Å². The minimum atomic E-state index is 0.117. The molecule has 0 aromatic heterocycles. The predicted molar refractivity (Wildman–Crippen MR) is 95.4 cm³/mol. The molecule has 0 heterocycles. The van der Waals surface area contributed by atoms with Gasteiger partial charge in [0.15, 0.2) is 0 Å². The molecule has 0 spiro atoms. The van der Waals surface area contributed by atoms with Gasteiger partial charge in [0.05, 0.1) is 11.9 Å². The van der Waals surface area contributed by atoms with E-state index in [2.05, 4.69) is 91.7 Å². The quantitative estimate of drug-likeness (QED) is 0.383. The lowest BCUT2D eigenvalue weighted by Gasteiger charge is -2.17. The number of ether oxygens (including phenoxy) is 1.